The van der Waals surface area contributed by atoms with Crippen LogP contribution >= 0.6 is 0 Å². The fraction of sp³-hybridized carbons (Fsp3) is 0.742. The van der Waals surface area contributed by atoms with Gasteiger partial charge in [0, 0.05) is 6.42 Å². The number of allylic oxidation sites excluding steroid dienone is 15. The smallest absolute Gasteiger partial charge is 0.220 e. The molecule has 2 saturated heterocycles. The maximum Gasteiger partial charge on any atom is 0.220 e. The van der Waals surface area contributed by atoms with Crippen molar-refractivity contribution in [2.45, 2.75) is 293 Å². The van der Waals surface area contributed by atoms with E-state index in [2.05, 4.69) is 104 Å². The Morgan fingerprint density at radius 3 is 1.38 bits per heavy atom. The number of ether oxygens (including phenoxy) is 4. The molecular formula is C66H113NO13. The van der Waals surface area contributed by atoms with E-state index in [1.807, 2.05) is 6.08 Å². The first-order valence-electron chi connectivity index (χ1n) is 31.5. The summed E-state index contributed by atoms with van der Waals surface area (Å²) in [5.74, 6) is -0.258. The van der Waals surface area contributed by atoms with E-state index in [0.717, 1.165) is 83.5 Å². The minimum absolute atomic E-state index is 0.258. The largest absolute Gasteiger partial charge is 0.394 e. The SMILES string of the molecule is CC/C=C\C/C=C\C/C=C\C/C=C\C/C=C\CCCCCCCCCCCCCCCC(=O)NC(COC1OC(CO)C(OC2OC(CO)C(O)C(O)C2O)C(O)C1O)C(O)/C=C/CC/C=C/CC/C=C/CCCCCCCCC. The third-order valence-electron chi connectivity index (χ3n) is 14.7. The molecule has 2 rings (SSSR count). The third-order valence-corrected chi connectivity index (χ3v) is 14.7. The number of aliphatic hydroxyl groups excluding tert-OH is 8. The van der Waals surface area contributed by atoms with Crippen molar-refractivity contribution in [2.75, 3.05) is 19.8 Å². The van der Waals surface area contributed by atoms with Crippen molar-refractivity contribution >= 4 is 5.91 Å². The van der Waals surface area contributed by atoms with Crippen molar-refractivity contribution in [3.05, 3.63) is 97.2 Å². The number of hydrogen-bond donors (Lipinski definition) is 9. The van der Waals surface area contributed by atoms with Crippen LogP contribution in [0.1, 0.15) is 219 Å². The summed E-state index contributed by atoms with van der Waals surface area (Å²) in [6, 6.07) is -0.944. The van der Waals surface area contributed by atoms with Crippen molar-refractivity contribution in [2.24, 2.45) is 0 Å². The molecule has 12 unspecified atom stereocenters. The number of carbonyl (C=O) groups excluding carboxylic acids is 1. The molecule has 0 aromatic rings. The number of aliphatic hydroxyl groups is 8. The van der Waals surface area contributed by atoms with Crippen LogP contribution in [-0.4, -0.2) is 140 Å². The van der Waals surface area contributed by atoms with E-state index in [0.29, 0.717) is 12.8 Å². The van der Waals surface area contributed by atoms with Gasteiger partial charge in [0.05, 0.1) is 32.0 Å². The Morgan fingerprint density at radius 2 is 0.875 bits per heavy atom. The average molecular weight is 1130 g/mol. The fourth-order valence-electron chi connectivity index (χ4n) is 9.70. The fourth-order valence-corrected chi connectivity index (χ4v) is 9.70. The summed E-state index contributed by atoms with van der Waals surface area (Å²) in [6.45, 7) is 2.65. The second kappa shape index (κ2) is 50.4. The Labute approximate surface area is 483 Å². The van der Waals surface area contributed by atoms with E-state index in [4.69, 9.17) is 18.9 Å². The first kappa shape index (κ1) is 73.0. The maximum atomic E-state index is 13.3. The zero-order valence-electron chi connectivity index (χ0n) is 49.5. The van der Waals surface area contributed by atoms with Gasteiger partial charge in [0.2, 0.25) is 5.91 Å². The van der Waals surface area contributed by atoms with E-state index in [9.17, 15) is 45.6 Å². The molecule has 9 N–H and O–H groups in total. The Bertz CT molecular complexity index is 1710. The van der Waals surface area contributed by atoms with Gasteiger partial charge in [-0.25, -0.2) is 0 Å². The highest BCUT2D eigenvalue weighted by molar-refractivity contribution is 5.76. The van der Waals surface area contributed by atoms with Crippen molar-refractivity contribution in [1.82, 2.24) is 5.32 Å². The Morgan fingerprint density at radius 1 is 0.463 bits per heavy atom. The first-order chi connectivity index (χ1) is 39.1. The number of nitrogens with one attached hydrogen (secondary N) is 1. The maximum absolute atomic E-state index is 13.3. The Hall–Kier alpha value is -3.09. The van der Waals surface area contributed by atoms with Crippen molar-refractivity contribution in [3.63, 3.8) is 0 Å². The molecule has 0 aromatic heterocycles. The molecule has 0 bridgehead atoms. The van der Waals surface area contributed by atoms with Gasteiger partial charge in [0.25, 0.3) is 0 Å². The molecule has 0 spiro atoms. The molecule has 2 aliphatic heterocycles. The van der Waals surface area contributed by atoms with Crippen molar-refractivity contribution < 1.29 is 64.6 Å². The van der Waals surface area contributed by atoms with Crippen molar-refractivity contribution in [1.29, 1.82) is 0 Å². The first-order valence-corrected chi connectivity index (χ1v) is 31.5. The summed E-state index contributed by atoms with van der Waals surface area (Å²) in [5.41, 5.74) is 0. The summed E-state index contributed by atoms with van der Waals surface area (Å²) in [6.07, 6.45) is 53.0. The number of hydrogen-bond acceptors (Lipinski definition) is 13. The molecule has 0 aromatic carbocycles. The summed E-state index contributed by atoms with van der Waals surface area (Å²) in [5, 5.41) is 87.1. The molecular weight excluding hydrogens is 1010 g/mol. The van der Waals surface area contributed by atoms with Gasteiger partial charge in [-0.1, -0.05) is 220 Å². The van der Waals surface area contributed by atoms with E-state index < -0.39 is 86.8 Å². The van der Waals surface area contributed by atoms with Crippen LogP contribution in [0.15, 0.2) is 97.2 Å². The van der Waals surface area contributed by atoms with Crippen LogP contribution in [0.3, 0.4) is 0 Å². The number of rotatable bonds is 49. The van der Waals surface area contributed by atoms with E-state index in [-0.39, 0.29) is 18.9 Å². The minimum Gasteiger partial charge on any atom is -0.394 e. The van der Waals surface area contributed by atoms with Gasteiger partial charge in [-0.05, 0) is 89.9 Å². The molecule has 0 radical (unpaired) electrons. The molecule has 0 aliphatic carbocycles. The molecule has 12 atom stereocenters. The number of amides is 1. The standard InChI is InChI=1S/C66H113NO13/c1-3-5-7-9-11-13-15-17-19-21-22-23-24-25-26-27-28-29-30-31-32-34-36-38-40-42-44-46-48-50-58(71)67-54(55(70)49-47-45-43-41-39-37-35-33-20-18-16-14-12-10-8-6-4-2)53-77-65-63(76)61(74)64(57(52-69)79-65)80-66-62(75)60(73)59(72)56(51-68)78-66/h5,7,11,13,17,19-20,22-23,25-26,33,39,41,47,49,54-57,59-66,68-70,72-76H,3-4,6,8-10,12,14-16,18,21,24,27-32,34-38,40,42-46,48,50-53H2,1-2H3,(H,67,71)/b7-5-,13-11-,19-17-,23-22-,26-25-,33-20+,41-39+,49-47+. The van der Waals surface area contributed by atoms with Crippen LogP contribution in [0.2, 0.25) is 0 Å². The minimum atomic E-state index is -1.80. The summed E-state index contributed by atoms with van der Waals surface area (Å²) in [4.78, 5) is 13.3. The zero-order valence-corrected chi connectivity index (χ0v) is 49.5. The monoisotopic (exact) mass is 1130 g/mol. The average Bonchev–Trinajstić information content (AvgIpc) is 3.46. The Balaban J connectivity index is 1.72. The Kier molecular flexibility index (Phi) is 46.0. The van der Waals surface area contributed by atoms with Crippen LogP contribution in [0, 0.1) is 0 Å². The van der Waals surface area contributed by atoms with Gasteiger partial charge in [0.1, 0.15) is 48.8 Å². The molecule has 0 saturated carbocycles. The number of carbonyl (C=O) groups is 1. The lowest BCUT2D eigenvalue weighted by Gasteiger charge is -2.46. The molecule has 14 heteroatoms. The highest BCUT2D eigenvalue weighted by atomic mass is 16.7. The normalized spacial score (nSPS) is 24.9. The second-order valence-corrected chi connectivity index (χ2v) is 21.8. The van der Waals surface area contributed by atoms with E-state index >= 15 is 0 Å². The van der Waals surface area contributed by atoms with Gasteiger partial charge in [-0.3, -0.25) is 4.79 Å². The van der Waals surface area contributed by atoms with Crippen LogP contribution < -0.4 is 5.32 Å². The summed E-state index contributed by atoms with van der Waals surface area (Å²) in [7, 11) is 0. The van der Waals surface area contributed by atoms with Gasteiger partial charge in [-0.2, -0.15) is 0 Å². The van der Waals surface area contributed by atoms with Gasteiger partial charge < -0.3 is 65.1 Å². The highest BCUT2D eigenvalue weighted by Gasteiger charge is 2.51. The van der Waals surface area contributed by atoms with E-state index in [1.54, 1.807) is 6.08 Å². The van der Waals surface area contributed by atoms with Crippen LogP contribution in [0.4, 0.5) is 0 Å². The molecule has 2 aliphatic rings. The van der Waals surface area contributed by atoms with Gasteiger partial charge >= 0.3 is 0 Å². The predicted octanol–water partition coefficient (Wildman–Crippen LogP) is 11.4. The summed E-state index contributed by atoms with van der Waals surface area (Å²) >= 11 is 0. The van der Waals surface area contributed by atoms with Crippen molar-refractivity contribution in [3.8, 4) is 0 Å². The molecule has 2 heterocycles. The quantitative estimate of drug-likeness (QED) is 0.0204. The van der Waals surface area contributed by atoms with Crippen LogP contribution in [-0.2, 0) is 23.7 Å². The van der Waals surface area contributed by atoms with E-state index in [1.165, 1.54) is 103 Å². The summed E-state index contributed by atoms with van der Waals surface area (Å²) < 4.78 is 22.8. The van der Waals surface area contributed by atoms with Crippen LogP contribution in [0.5, 0.6) is 0 Å². The molecule has 80 heavy (non-hydrogen) atoms. The van der Waals surface area contributed by atoms with Crippen LogP contribution in [0.25, 0.3) is 0 Å². The highest BCUT2D eigenvalue weighted by Crippen LogP contribution is 2.30. The molecule has 1 amide bonds. The lowest BCUT2D eigenvalue weighted by Crippen LogP contribution is -2.65. The second-order valence-electron chi connectivity index (χ2n) is 21.8. The molecule has 14 nitrogen and oxygen atoms in total. The third kappa shape index (κ3) is 35.1. The molecule has 2 fully saturated rings. The number of unbranched alkanes of at least 4 members (excludes halogenated alkanes) is 22. The lowest BCUT2D eigenvalue weighted by molar-refractivity contribution is -0.359. The predicted molar refractivity (Wildman–Crippen MR) is 323 cm³/mol. The molecule has 460 valence electrons. The topological polar surface area (TPSA) is 228 Å². The van der Waals surface area contributed by atoms with Gasteiger partial charge in [0.15, 0.2) is 12.6 Å². The zero-order chi connectivity index (χ0) is 58.1. The van der Waals surface area contributed by atoms with Gasteiger partial charge in [-0.15, -0.1) is 0 Å². The lowest BCUT2D eigenvalue weighted by atomic mass is 9.97.